The molecule has 0 aromatic rings. The lowest BCUT2D eigenvalue weighted by Crippen LogP contribution is -2.58. The van der Waals surface area contributed by atoms with E-state index in [1.54, 1.807) is 0 Å². The number of esters is 1. The third-order valence-electron chi connectivity index (χ3n) is 5.63. The standard InChI is InChI=1S/C17H30O3Si/c1-16(2,3)21(5,6)20-17-11-9-7-8-10-13(17)12-14(17)15(18)19-4/h12-13H,7-11H2,1-6H3/t13-,17+/m1/s1. The molecular formula is C17H30O3Si. The van der Waals surface area contributed by atoms with E-state index in [9.17, 15) is 4.79 Å². The predicted molar refractivity (Wildman–Crippen MR) is 87.7 cm³/mol. The summed E-state index contributed by atoms with van der Waals surface area (Å²) in [5.41, 5.74) is 0.411. The minimum atomic E-state index is -1.93. The summed E-state index contributed by atoms with van der Waals surface area (Å²) in [6, 6.07) is 0. The van der Waals surface area contributed by atoms with Crippen LogP contribution in [0.5, 0.6) is 0 Å². The van der Waals surface area contributed by atoms with Crippen LogP contribution in [0.25, 0.3) is 0 Å². The Balaban J connectivity index is 2.34. The third-order valence-corrected chi connectivity index (χ3v) is 10.1. The number of ether oxygens (including phenoxy) is 1. The van der Waals surface area contributed by atoms with Crippen molar-refractivity contribution in [1.82, 2.24) is 0 Å². The van der Waals surface area contributed by atoms with Crippen molar-refractivity contribution in [3.8, 4) is 0 Å². The van der Waals surface area contributed by atoms with Crippen molar-refractivity contribution in [3.63, 3.8) is 0 Å². The average Bonchev–Trinajstić information content (AvgIpc) is 2.50. The van der Waals surface area contributed by atoms with Gasteiger partial charge in [-0.15, -0.1) is 0 Å². The highest BCUT2D eigenvalue weighted by atomic mass is 28.4. The van der Waals surface area contributed by atoms with Gasteiger partial charge in [0.2, 0.25) is 0 Å². The first-order valence-corrected chi connectivity index (χ1v) is 11.1. The largest absolute Gasteiger partial charge is 0.466 e. The van der Waals surface area contributed by atoms with Crippen LogP contribution in [-0.2, 0) is 14.0 Å². The van der Waals surface area contributed by atoms with Crippen molar-refractivity contribution in [2.75, 3.05) is 7.11 Å². The van der Waals surface area contributed by atoms with Crippen molar-refractivity contribution in [3.05, 3.63) is 11.6 Å². The zero-order valence-corrected chi connectivity index (χ0v) is 15.4. The van der Waals surface area contributed by atoms with E-state index >= 15 is 0 Å². The first-order chi connectivity index (χ1) is 9.64. The second-order valence-electron chi connectivity index (χ2n) is 8.03. The Morgan fingerprint density at radius 1 is 1.29 bits per heavy atom. The van der Waals surface area contributed by atoms with E-state index in [0.29, 0.717) is 5.92 Å². The summed E-state index contributed by atoms with van der Waals surface area (Å²) < 4.78 is 11.8. The maximum absolute atomic E-state index is 12.1. The number of carbonyl (C=O) groups excluding carboxylic acids is 1. The van der Waals surface area contributed by atoms with Crippen molar-refractivity contribution in [2.45, 2.75) is 76.6 Å². The number of hydrogen-bond donors (Lipinski definition) is 0. The van der Waals surface area contributed by atoms with Crippen molar-refractivity contribution in [1.29, 1.82) is 0 Å². The summed E-state index contributed by atoms with van der Waals surface area (Å²) >= 11 is 0. The second kappa shape index (κ2) is 5.54. The molecule has 0 spiro atoms. The van der Waals surface area contributed by atoms with Crippen LogP contribution in [0.4, 0.5) is 0 Å². The minimum absolute atomic E-state index is 0.148. The van der Waals surface area contributed by atoms with Crippen LogP contribution in [-0.4, -0.2) is 27.0 Å². The molecule has 0 radical (unpaired) electrons. The maximum Gasteiger partial charge on any atom is 0.336 e. The fourth-order valence-electron chi connectivity index (χ4n) is 3.29. The lowest BCUT2D eigenvalue weighted by molar-refractivity contribution is -0.140. The van der Waals surface area contributed by atoms with E-state index in [4.69, 9.17) is 9.16 Å². The fourth-order valence-corrected chi connectivity index (χ4v) is 4.87. The first-order valence-electron chi connectivity index (χ1n) is 8.15. The van der Waals surface area contributed by atoms with Crippen LogP contribution in [0.2, 0.25) is 18.1 Å². The van der Waals surface area contributed by atoms with Gasteiger partial charge >= 0.3 is 5.97 Å². The number of fused-ring (bicyclic) bond motifs is 1. The van der Waals surface area contributed by atoms with Crippen molar-refractivity contribution < 1.29 is 14.0 Å². The zero-order valence-electron chi connectivity index (χ0n) is 14.4. The molecule has 0 bridgehead atoms. The van der Waals surface area contributed by atoms with E-state index in [1.165, 1.54) is 20.0 Å². The van der Waals surface area contributed by atoms with Gasteiger partial charge in [0, 0.05) is 5.92 Å². The van der Waals surface area contributed by atoms with Crippen molar-refractivity contribution in [2.24, 2.45) is 5.92 Å². The van der Waals surface area contributed by atoms with Crippen LogP contribution in [0.1, 0.15) is 52.9 Å². The summed E-state index contributed by atoms with van der Waals surface area (Å²) in [4.78, 5) is 12.1. The number of methoxy groups -OCH3 is 1. The van der Waals surface area contributed by atoms with Crippen molar-refractivity contribution >= 4 is 14.3 Å². The predicted octanol–water partition coefficient (Wildman–Crippen LogP) is 4.44. The molecule has 0 unspecified atom stereocenters. The summed E-state index contributed by atoms with van der Waals surface area (Å²) in [7, 11) is -0.461. The van der Waals surface area contributed by atoms with Crippen LogP contribution in [0.3, 0.4) is 0 Å². The Morgan fingerprint density at radius 2 is 1.95 bits per heavy atom. The molecule has 3 nitrogen and oxygen atoms in total. The van der Waals surface area contributed by atoms with Crippen LogP contribution < -0.4 is 0 Å². The van der Waals surface area contributed by atoms with E-state index in [0.717, 1.165) is 24.8 Å². The molecule has 0 amide bonds. The molecule has 4 heteroatoms. The normalized spacial score (nSPS) is 29.8. The van der Waals surface area contributed by atoms with Crippen LogP contribution in [0.15, 0.2) is 11.6 Å². The Hall–Kier alpha value is -0.613. The first kappa shape index (κ1) is 16.8. The Kier molecular flexibility index (Phi) is 4.42. The Labute approximate surface area is 130 Å². The van der Waals surface area contributed by atoms with E-state index in [1.807, 2.05) is 0 Å². The molecule has 0 aromatic carbocycles. The van der Waals surface area contributed by atoms with E-state index in [2.05, 4.69) is 39.9 Å². The van der Waals surface area contributed by atoms with Crippen LogP contribution in [0, 0.1) is 5.92 Å². The lowest BCUT2D eigenvalue weighted by atomic mass is 9.67. The van der Waals surface area contributed by atoms with Gasteiger partial charge in [-0.2, -0.15) is 0 Å². The van der Waals surface area contributed by atoms with Gasteiger partial charge in [-0.1, -0.05) is 46.1 Å². The molecule has 1 fully saturated rings. The monoisotopic (exact) mass is 310 g/mol. The van der Waals surface area contributed by atoms with E-state index in [-0.39, 0.29) is 16.6 Å². The summed E-state index contributed by atoms with van der Waals surface area (Å²) in [6.07, 6.45) is 7.81. The SMILES string of the molecule is COC(=O)C1=C[C@H]2CCCCC[C@@]12O[Si](C)(C)C(C)(C)C. The molecule has 0 N–H and O–H groups in total. The summed E-state index contributed by atoms with van der Waals surface area (Å²) in [5, 5.41) is 0.148. The summed E-state index contributed by atoms with van der Waals surface area (Å²) in [6.45, 7) is 11.3. The van der Waals surface area contributed by atoms with Gasteiger partial charge < -0.3 is 9.16 Å². The lowest BCUT2D eigenvalue weighted by Gasteiger charge is -2.53. The molecule has 2 aliphatic carbocycles. The topological polar surface area (TPSA) is 35.5 Å². The molecule has 0 aromatic heterocycles. The van der Waals surface area contributed by atoms with Gasteiger partial charge in [0.25, 0.3) is 0 Å². The fraction of sp³-hybridized carbons (Fsp3) is 0.824. The quantitative estimate of drug-likeness (QED) is 0.571. The third kappa shape index (κ3) is 2.85. The van der Waals surface area contributed by atoms with Gasteiger partial charge in [-0.05, 0) is 31.0 Å². The Bertz CT molecular complexity index is 447. The minimum Gasteiger partial charge on any atom is -0.466 e. The molecule has 2 aliphatic rings. The highest BCUT2D eigenvalue weighted by Crippen LogP contribution is 2.53. The van der Waals surface area contributed by atoms with Gasteiger partial charge in [0.15, 0.2) is 8.32 Å². The highest BCUT2D eigenvalue weighted by molar-refractivity contribution is 6.74. The highest BCUT2D eigenvalue weighted by Gasteiger charge is 2.56. The van der Waals surface area contributed by atoms with Gasteiger partial charge in [0.05, 0.1) is 18.3 Å². The molecule has 21 heavy (non-hydrogen) atoms. The van der Waals surface area contributed by atoms with Gasteiger partial charge in [-0.3, -0.25) is 0 Å². The second-order valence-corrected chi connectivity index (χ2v) is 12.8. The zero-order chi connectivity index (χ0) is 15.9. The van der Waals surface area contributed by atoms with Gasteiger partial charge in [-0.25, -0.2) is 4.79 Å². The molecular weight excluding hydrogens is 280 g/mol. The number of carbonyl (C=O) groups is 1. The summed E-state index contributed by atoms with van der Waals surface area (Å²) in [5.74, 6) is 0.190. The molecule has 0 aliphatic heterocycles. The number of hydrogen-bond acceptors (Lipinski definition) is 3. The molecule has 1 saturated carbocycles. The molecule has 2 rings (SSSR count). The molecule has 0 saturated heterocycles. The molecule has 2 atom stereocenters. The Morgan fingerprint density at radius 3 is 2.52 bits per heavy atom. The smallest absolute Gasteiger partial charge is 0.336 e. The average molecular weight is 311 g/mol. The molecule has 0 heterocycles. The maximum atomic E-state index is 12.1. The molecule has 120 valence electrons. The number of rotatable bonds is 3. The van der Waals surface area contributed by atoms with E-state index < -0.39 is 8.32 Å². The van der Waals surface area contributed by atoms with Crippen LogP contribution >= 0.6 is 0 Å². The van der Waals surface area contributed by atoms with Gasteiger partial charge in [0.1, 0.15) is 0 Å².